The summed E-state index contributed by atoms with van der Waals surface area (Å²) in [5.41, 5.74) is 2.69. The van der Waals surface area contributed by atoms with Crippen molar-refractivity contribution in [2.45, 2.75) is 19.8 Å². The number of nitrogens with two attached hydrogens (primary N) is 1. The number of hydrogen-bond donors (Lipinski definition) is 1. The average Bonchev–Trinajstić information content (AvgIpc) is 2.66. The first kappa shape index (κ1) is 17.9. The van der Waals surface area contributed by atoms with Crippen molar-refractivity contribution in [3.8, 4) is 0 Å². The highest BCUT2D eigenvalue weighted by molar-refractivity contribution is 7.86. The molecule has 136 valence electrons. The molecule has 10 heteroatoms. The molecule has 0 spiro atoms. The lowest BCUT2D eigenvalue weighted by molar-refractivity contribution is 0.000559. The molecule has 0 amide bonds. The summed E-state index contributed by atoms with van der Waals surface area (Å²) in [5.74, 6) is -2.89. The predicted molar refractivity (Wildman–Crippen MR) is 90.9 cm³/mol. The maximum absolute atomic E-state index is 14.3. The van der Waals surface area contributed by atoms with Crippen molar-refractivity contribution in [1.82, 2.24) is 14.3 Å². The molecule has 2 N–H and O–H groups in total. The SMILES string of the molecule is Cc1cc2ncnc(N3CCN(S(N)(=O)=O)CC(F)(F)C3)c2cc1C. The van der Waals surface area contributed by atoms with E-state index in [2.05, 4.69) is 9.97 Å². The second-order valence-electron chi connectivity index (χ2n) is 6.31. The minimum atomic E-state index is -4.19. The van der Waals surface area contributed by atoms with E-state index >= 15 is 0 Å². The van der Waals surface area contributed by atoms with Crippen molar-refractivity contribution < 1.29 is 17.2 Å². The first-order valence-electron chi connectivity index (χ1n) is 7.69. The zero-order valence-electron chi connectivity index (χ0n) is 13.9. The summed E-state index contributed by atoms with van der Waals surface area (Å²) < 4.78 is 52.1. The number of halogens is 2. The van der Waals surface area contributed by atoms with Gasteiger partial charge >= 0.3 is 0 Å². The maximum atomic E-state index is 14.3. The zero-order valence-corrected chi connectivity index (χ0v) is 14.7. The highest BCUT2D eigenvalue weighted by Crippen LogP contribution is 2.30. The molecule has 0 unspecified atom stereocenters. The van der Waals surface area contributed by atoms with Crippen LogP contribution in [0, 0.1) is 13.8 Å². The van der Waals surface area contributed by atoms with E-state index in [0.717, 1.165) is 11.1 Å². The summed E-state index contributed by atoms with van der Waals surface area (Å²) in [6.07, 6.45) is 1.33. The smallest absolute Gasteiger partial charge is 0.278 e. The Kier molecular flexibility index (Phi) is 4.38. The fourth-order valence-corrected chi connectivity index (χ4v) is 3.63. The van der Waals surface area contributed by atoms with Gasteiger partial charge in [0.1, 0.15) is 12.1 Å². The molecule has 0 aliphatic carbocycles. The Balaban J connectivity index is 2.04. The molecule has 1 aliphatic rings. The molecule has 1 fully saturated rings. The van der Waals surface area contributed by atoms with Gasteiger partial charge in [-0.05, 0) is 37.1 Å². The Morgan fingerprint density at radius 3 is 2.48 bits per heavy atom. The second kappa shape index (κ2) is 6.11. The first-order valence-corrected chi connectivity index (χ1v) is 9.20. The number of aryl methyl sites for hydroxylation is 2. The topological polar surface area (TPSA) is 92.4 Å². The van der Waals surface area contributed by atoms with Gasteiger partial charge < -0.3 is 4.90 Å². The van der Waals surface area contributed by atoms with Gasteiger partial charge in [-0.1, -0.05) is 0 Å². The lowest BCUT2D eigenvalue weighted by atomic mass is 10.1. The van der Waals surface area contributed by atoms with E-state index < -0.39 is 29.2 Å². The Bertz CT molecular complexity index is 920. The molecular formula is C15H19F2N5O2S. The number of benzene rings is 1. The van der Waals surface area contributed by atoms with Gasteiger partial charge in [-0.3, -0.25) is 0 Å². The summed E-state index contributed by atoms with van der Waals surface area (Å²) >= 11 is 0. The van der Waals surface area contributed by atoms with Gasteiger partial charge in [-0.25, -0.2) is 23.9 Å². The Morgan fingerprint density at radius 2 is 1.80 bits per heavy atom. The van der Waals surface area contributed by atoms with Gasteiger partial charge in [0.05, 0.1) is 18.6 Å². The molecule has 0 atom stereocenters. The van der Waals surface area contributed by atoms with E-state index in [0.29, 0.717) is 21.0 Å². The van der Waals surface area contributed by atoms with Gasteiger partial charge in [0.15, 0.2) is 0 Å². The highest BCUT2D eigenvalue weighted by Gasteiger charge is 2.40. The number of hydrogen-bond acceptors (Lipinski definition) is 5. The quantitative estimate of drug-likeness (QED) is 0.857. The fraction of sp³-hybridized carbons (Fsp3) is 0.467. The summed E-state index contributed by atoms with van der Waals surface area (Å²) in [7, 11) is -4.19. The number of rotatable bonds is 2. The number of alkyl halides is 2. The number of aromatic nitrogens is 2. The molecule has 7 nitrogen and oxygen atoms in total. The second-order valence-corrected chi connectivity index (χ2v) is 7.85. The average molecular weight is 371 g/mol. The first-order chi connectivity index (χ1) is 11.6. The zero-order chi connectivity index (χ0) is 18.4. The van der Waals surface area contributed by atoms with Crippen LogP contribution in [0.2, 0.25) is 0 Å². The Labute approximate surface area is 144 Å². The van der Waals surface area contributed by atoms with Gasteiger partial charge in [0.2, 0.25) is 0 Å². The molecular weight excluding hydrogens is 352 g/mol. The van der Waals surface area contributed by atoms with E-state index in [9.17, 15) is 17.2 Å². The molecule has 2 aromatic rings. The van der Waals surface area contributed by atoms with Crippen molar-refractivity contribution in [3.63, 3.8) is 0 Å². The van der Waals surface area contributed by atoms with Crippen LogP contribution in [0.15, 0.2) is 18.5 Å². The molecule has 0 radical (unpaired) electrons. The number of anilines is 1. The summed E-state index contributed by atoms with van der Waals surface area (Å²) in [5, 5.41) is 5.69. The predicted octanol–water partition coefficient (Wildman–Crippen LogP) is 1.21. The molecule has 1 aliphatic heterocycles. The van der Waals surface area contributed by atoms with E-state index in [-0.39, 0.29) is 13.1 Å². The van der Waals surface area contributed by atoms with Crippen LogP contribution in [-0.4, -0.2) is 54.8 Å². The molecule has 1 saturated heterocycles. The lowest BCUT2D eigenvalue weighted by Crippen LogP contribution is -2.44. The fourth-order valence-electron chi connectivity index (χ4n) is 2.93. The van der Waals surface area contributed by atoms with Gasteiger partial charge in [-0.15, -0.1) is 0 Å². The van der Waals surface area contributed by atoms with Crippen LogP contribution < -0.4 is 10.0 Å². The Hall–Kier alpha value is -1.91. The van der Waals surface area contributed by atoms with Gasteiger partial charge in [0.25, 0.3) is 16.1 Å². The maximum Gasteiger partial charge on any atom is 0.278 e. The van der Waals surface area contributed by atoms with E-state index in [1.54, 1.807) is 0 Å². The summed E-state index contributed by atoms with van der Waals surface area (Å²) in [6, 6.07) is 3.74. The van der Waals surface area contributed by atoms with Gasteiger partial charge in [0, 0.05) is 18.5 Å². The highest BCUT2D eigenvalue weighted by atomic mass is 32.2. The Morgan fingerprint density at radius 1 is 1.12 bits per heavy atom. The third kappa shape index (κ3) is 3.70. The van der Waals surface area contributed by atoms with Crippen molar-refractivity contribution in [3.05, 3.63) is 29.6 Å². The van der Waals surface area contributed by atoms with Crippen LogP contribution >= 0.6 is 0 Å². The third-order valence-electron chi connectivity index (χ3n) is 4.34. The number of nitrogens with zero attached hydrogens (tertiary/aromatic N) is 4. The van der Waals surface area contributed by atoms with Crippen LogP contribution in [0.25, 0.3) is 10.9 Å². The third-order valence-corrected chi connectivity index (χ3v) is 5.37. The monoisotopic (exact) mass is 371 g/mol. The van der Waals surface area contributed by atoms with E-state index in [1.807, 2.05) is 26.0 Å². The van der Waals surface area contributed by atoms with E-state index in [1.165, 1.54) is 11.2 Å². The minimum Gasteiger partial charge on any atom is -0.349 e. The molecule has 1 aromatic carbocycles. The van der Waals surface area contributed by atoms with Gasteiger partial charge in [-0.2, -0.15) is 12.7 Å². The minimum absolute atomic E-state index is 0.0606. The normalized spacial score (nSPS) is 19.2. The van der Waals surface area contributed by atoms with Crippen LogP contribution in [0.4, 0.5) is 14.6 Å². The van der Waals surface area contributed by atoms with Crippen LogP contribution in [0.1, 0.15) is 11.1 Å². The van der Waals surface area contributed by atoms with Crippen molar-refractivity contribution >= 4 is 26.9 Å². The number of fused-ring (bicyclic) bond motifs is 1. The van der Waals surface area contributed by atoms with E-state index in [4.69, 9.17) is 5.14 Å². The largest absolute Gasteiger partial charge is 0.349 e. The molecule has 25 heavy (non-hydrogen) atoms. The lowest BCUT2D eigenvalue weighted by Gasteiger charge is -2.25. The summed E-state index contributed by atoms with van der Waals surface area (Å²) in [4.78, 5) is 9.77. The standard InChI is InChI=1S/C15H19F2N5O2S/c1-10-5-12-13(6-11(10)2)19-9-20-14(12)21-3-4-22(25(18,23)24)8-15(16,17)7-21/h5-6,9H,3-4,7-8H2,1-2H3,(H2,18,23,24). The molecule has 1 aromatic heterocycles. The van der Waals surface area contributed by atoms with Crippen molar-refractivity contribution in [2.24, 2.45) is 5.14 Å². The molecule has 0 bridgehead atoms. The van der Waals surface area contributed by atoms with Crippen LogP contribution in [0.3, 0.4) is 0 Å². The van der Waals surface area contributed by atoms with Crippen molar-refractivity contribution in [1.29, 1.82) is 0 Å². The van der Waals surface area contributed by atoms with Crippen LogP contribution in [0.5, 0.6) is 0 Å². The summed E-state index contributed by atoms with van der Waals surface area (Å²) in [6.45, 7) is 2.21. The van der Waals surface area contributed by atoms with Crippen LogP contribution in [-0.2, 0) is 10.2 Å². The molecule has 0 saturated carbocycles. The molecule has 3 rings (SSSR count). The van der Waals surface area contributed by atoms with Crippen molar-refractivity contribution in [2.75, 3.05) is 31.1 Å². The molecule has 2 heterocycles.